The number of benzene rings is 1. The number of fused-ring (bicyclic) bond motifs is 2. The van der Waals surface area contributed by atoms with Crippen LogP contribution in [0.25, 0.3) is 33.5 Å². The summed E-state index contributed by atoms with van der Waals surface area (Å²) in [5.41, 5.74) is 3.04. The summed E-state index contributed by atoms with van der Waals surface area (Å²) in [7, 11) is 0. The number of para-hydroxylation sites is 1. The summed E-state index contributed by atoms with van der Waals surface area (Å²) in [5.74, 6) is 1.24. The van der Waals surface area contributed by atoms with E-state index in [-0.39, 0.29) is 25.1 Å². The molecule has 1 aromatic carbocycles. The summed E-state index contributed by atoms with van der Waals surface area (Å²) < 4.78 is 3.16. The fourth-order valence-corrected chi connectivity index (χ4v) is 5.10. The van der Waals surface area contributed by atoms with Crippen LogP contribution in [0.1, 0.15) is 24.0 Å². The minimum atomic E-state index is -0.247. The highest BCUT2D eigenvalue weighted by atomic mass is 35.5. The minimum Gasteiger partial charge on any atom is -0.345 e. The third-order valence-corrected chi connectivity index (χ3v) is 7.07. The summed E-state index contributed by atoms with van der Waals surface area (Å²) in [4.78, 5) is 29.0. The van der Waals surface area contributed by atoms with Gasteiger partial charge < -0.3 is 4.90 Å². The van der Waals surface area contributed by atoms with Crippen molar-refractivity contribution in [3.8, 4) is 23.0 Å². The second-order valence-corrected chi connectivity index (χ2v) is 9.23. The van der Waals surface area contributed by atoms with Crippen LogP contribution in [0.15, 0.2) is 72.0 Å². The molecular weight excluding hydrogens is 536 g/mol. The van der Waals surface area contributed by atoms with Crippen LogP contribution >= 0.6 is 25.1 Å². The van der Waals surface area contributed by atoms with Gasteiger partial charge in [0.1, 0.15) is 29.4 Å². The molecule has 1 fully saturated rings. The molecule has 192 valence electrons. The highest BCUT2D eigenvalue weighted by Gasteiger charge is 2.37. The number of anilines is 1. The molecule has 0 amide bonds. The van der Waals surface area contributed by atoms with Gasteiger partial charge in [-0.2, -0.15) is 29.0 Å². The van der Waals surface area contributed by atoms with Gasteiger partial charge in [-0.25, -0.2) is 19.5 Å². The molecule has 0 unspecified atom stereocenters. The predicted octanol–water partition coefficient (Wildman–Crippen LogP) is 3.80. The molecule has 1 aliphatic heterocycles. The first-order chi connectivity index (χ1) is 18.6. The first-order valence-corrected chi connectivity index (χ1v) is 12.2. The number of halogens is 1. The number of hydrogen-bond donors (Lipinski definition) is 1. The molecular formula is C26H19ClN10OS. The smallest absolute Gasteiger partial charge is 0.284 e. The number of hydrogen-bond acceptors (Lipinski definition) is 8. The van der Waals surface area contributed by atoms with Gasteiger partial charge in [0.25, 0.3) is 5.56 Å². The third kappa shape index (κ3) is 3.82. The van der Waals surface area contributed by atoms with Crippen molar-refractivity contribution < 1.29 is 0 Å². The van der Waals surface area contributed by atoms with Crippen molar-refractivity contribution in [2.45, 2.75) is 12.5 Å². The molecule has 6 heterocycles. The summed E-state index contributed by atoms with van der Waals surface area (Å²) >= 11 is 6.35. The Morgan fingerprint density at radius 3 is 2.64 bits per heavy atom. The third-order valence-electron chi connectivity index (χ3n) is 6.76. The molecule has 6 aromatic rings. The van der Waals surface area contributed by atoms with E-state index in [0.29, 0.717) is 51.4 Å². The molecule has 0 saturated carbocycles. The Bertz CT molecular complexity index is 1940. The first kappa shape index (κ1) is 24.6. The number of aromatic nitrogens is 8. The van der Waals surface area contributed by atoms with Gasteiger partial charge >= 0.3 is 0 Å². The zero-order chi connectivity index (χ0) is 25.8. The van der Waals surface area contributed by atoms with E-state index in [9.17, 15) is 4.79 Å². The van der Waals surface area contributed by atoms with Crippen LogP contribution in [-0.4, -0.2) is 45.9 Å². The maximum atomic E-state index is 13.7. The molecule has 0 spiro atoms. The molecule has 11 nitrogen and oxygen atoms in total. The van der Waals surface area contributed by atoms with Crippen molar-refractivity contribution in [2.24, 2.45) is 0 Å². The number of H-pyrrole nitrogens is 1. The van der Waals surface area contributed by atoms with Gasteiger partial charge in [0.15, 0.2) is 11.5 Å². The topological polar surface area (TPSA) is 134 Å². The molecule has 39 heavy (non-hydrogen) atoms. The van der Waals surface area contributed by atoms with Gasteiger partial charge in [-0.05, 0) is 36.8 Å². The van der Waals surface area contributed by atoms with Gasteiger partial charge in [-0.15, -0.1) is 0 Å². The fourth-order valence-electron chi connectivity index (χ4n) is 4.87. The van der Waals surface area contributed by atoms with Crippen LogP contribution in [0, 0.1) is 11.3 Å². The van der Waals surface area contributed by atoms with E-state index >= 15 is 0 Å². The maximum absolute atomic E-state index is 13.7. The lowest BCUT2D eigenvalue weighted by Gasteiger charge is -2.42. The summed E-state index contributed by atoms with van der Waals surface area (Å²) in [6.07, 6.45) is 5.54. The van der Waals surface area contributed by atoms with Crippen molar-refractivity contribution in [3.05, 3.63) is 94.1 Å². The molecule has 1 aliphatic rings. The van der Waals surface area contributed by atoms with Crippen LogP contribution in [-0.2, 0) is 0 Å². The first-order valence-electron chi connectivity index (χ1n) is 11.8. The standard InChI is InChI=1S/C26H17ClN10O.H2S/c27-18-8-11-36-22(18)26(38)37(17-4-2-1-3-5-17)24(34-36)19-9-10-35(19)25-20-21(32-33-23(20)30-14-31-25)15-6-7-16(12-28)29-13-15;/h1-8,11,13-14,19H,9-10H2,(H,30,31,32,33);1H2/t19-;/m0./s1. The van der Waals surface area contributed by atoms with Crippen LogP contribution in [0.5, 0.6) is 0 Å². The molecule has 1 atom stereocenters. The molecule has 5 aromatic heterocycles. The quantitative estimate of drug-likeness (QED) is 0.348. The Morgan fingerprint density at radius 1 is 1.08 bits per heavy atom. The monoisotopic (exact) mass is 554 g/mol. The largest absolute Gasteiger partial charge is 0.345 e. The Hall–Kier alpha value is -4.73. The average molecular weight is 555 g/mol. The molecule has 7 rings (SSSR count). The van der Waals surface area contributed by atoms with E-state index in [4.69, 9.17) is 22.0 Å². The van der Waals surface area contributed by atoms with Crippen LogP contribution in [0.3, 0.4) is 0 Å². The summed E-state index contributed by atoms with van der Waals surface area (Å²) in [6, 6.07) is 16.3. The SMILES string of the molecule is N#Cc1ccc(-c2[nH]nc3ncnc(N4CC[C@H]4c4nn5ccc(Cl)c5c(=O)n4-c4ccccc4)c23)cn1.S. The predicted molar refractivity (Wildman–Crippen MR) is 151 cm³/mol. The van der Waals surface area contributed by atoms with E-state index in [1.54, 1.807) is 35.2 Å². The van der Waals surface area contributed by atoms with E-state index in [1.807, 2.05) is 36.4 Å². The molecule has 13 heteroatoms. The van der Waals surface area contributed by atoms with Gasteiger partial charge in [0.05, 0.1) is 27.8 Å². The number of pyridine rings is 1. The van der Waals surface area contributed by atoms with Crippen molar-refractivity contribution in [2.75, 3.05) is 11.4 Å². The fraction of sp³-hybridized carbons (Fsp3) is 0.115. The second kappa shape index (κ2) is 9.54. The van der Waals surface area contributed by atoms with E-state index in [0.717, 1.165) is 17.4 Å². The lowest BCUT2D eigenvalue weighted by Crippen LogP contribution is -2.45. The lowest BCUT2D eigenvalue weighted by molar-refractivity contribution is 0.424. The number of nitriles is 1. The Balaban J connectivity index is 0.00000277. The highest BCUT2D eigenvalue weighted by molar-refractivity contribution is 7.59. The molecule has 0 bridgehead atoms. The maximum Gasteiger partial charge on any atom is 0.284 e. The molecule has 1 N–H and O–H groups in total. The summed E-state index contributed by atoms with van der Waals surface area (Å²) in [5, 5.41) is 22.5. The van der Waals surface area contributed by atoms with Gasteiger partial charge in [0.2, 0.25) is 0 Å². The zero-order valence-electron chi connectivity index (χ0n) is 20.2. The van der Waals surface area contributed by atoms with Crippen LogP contribution < -0.4 is 10.5 Å². The normalized spacial score (nSPS) is 14.7. The van der Waals surface area contributed by atoms with Crippen molar-refractivity contribution in [1.82, 2.24) is 39.3 Å². The zero-order valence-corrected chi connectivity index (χ0v) is 21.9. The minimum absolute atomic E-state index is 0. The van der Waals surface area contributed by atoms with Crippen molar-refractivity contribution in [3.63, 3.8) is 0 Å². The van der Waals surface area contributed by atoms with Gasteiger partial charge in [0, 0.05) is 24.5 Å². The number of nitrogens with one attached hydrogen (secondary N) is 1. The van der Waals surface area contributed by atoms with Gasteiger partial charge in [-0.1, -0.05) is 29.8 Å². The number of nitrogens with zero attached hydrogens (tertiary/aromatic N) is 9. The average Bonchev–Trinajstić information content (AvgIpc) is 3.53. The Morgan fingerprint density at radius 2 is 1.92 bits per heavy atom. The van der Waals surface area contributed by atoms with E-state index < -0.39 is 0 Å². The van der Waals surface area contributed by atoms with Crippen LogP contribution in [0.4, 0.5) is 5.82 Å². The Labute approximate surface area is 232 Å². The molecule has 0 aliphatic carbocycles. The summed E-state index contributed by atoms with van der Waals surface area (Å²) in [6.45, 7) is 0.697. The highest BCUT2D eigenvalue weighted by Crippen LogP contribution is 2.41. The Kier molecular flexibility index (Phi) is 6.02. The van der Waals surface area contributed by atoms with Gasteiger partial charge in [-0.3, -0.25) is 14.5 Å². The van der Waals surface area contributed by atoms with Crippen molar-refractivity contribution in [1.29, 1.82) is 5.26 Å². The van der Waals surface area contributed by atoms with E-state index in [1.165, 1.54) is 10.8 Å². The molecule has 1 saturated heterocycles. The second-order valence-electron chi connectivity index (χ2n) is 8.83. The van der Waals surface area contributed by atoms with Crippen LogP contribution in [0.2, 0.25) is 5.02 Å². The number of aromatic amines is 1. The van der Waals surface area contributed by atoms with Crippen molar-refractivity contribution >= 4 is 47.5 Å². The van der Waals surface area contributed by atoms with E-state index in [2.05, 4.69) is 30.0 Å². The lowest BCUT2D eigenvalue weighted by atomic mass is 10.0. The number of rotatable bonds is 4. The molecule has 0 radical (unpaired) electrons.